The molecule has 0 spiro atoms. The van der Waals surface area contributed by atoms with Gasteiger partial charge in [0.05, 0.1) is 0 Å². The highest BCUT2D eigenvalue weighted by molar-refractivity contribution is 4.91. The maximum absolute atomic E-state index is 3.74. The van der Waals surface area contributed by atoms with E-state index >= 15 is 0 Å². The van der Waals surface area contributed by atoms with Crippen LogP contribution in [0.25, 0.3) is 0 Å². The first-order chi connectivity index (χ1) is 9.24. The molecule has 2 rings (SSSR count). The zero-order valence-electron chi connectivity index (χ0n) is 13.2. The summed E-state index contributed by atoms with van der Waals surface area (Å²) in [6, 6.07) is 2.39. The van der Waals surface area contributed by atoms with Crippen LogP contribution < -0.4 is 5.32 Å². The van der Waals surface area contributed by atoms with Crippen LogP contribution in [0.1, 0.15) is 52.4 Å². The highest BCUT2D eigenvalue weighted by Crippen LogP contribution is 2.28. The third-order valence-corrected chi connectivity index (χ3v) is 5.03. The van der Waals surface area contributed by atoms with Crippen molar-refractivity contribution in [3.05, 3.63) is 0 Å². The van der Waals surface area contributed by atoms with E-state index in [1.165, 1.54) is 64.7 Å². The van der Waals surface area contributed by atoms with E-state index < -0.39 is 0 Å². The van der Waals surface area contributed by atoms with Crippen molar-refractivity contribution >= 4 is 0 Å². The van der Waals surface area contributed by atoms with Crippen LogP contribution in [0.5, 0.6) is 0 Å². The number of likely N-dealkylation sites (N-methyl/N-ethyl adjacent to an activating group) is 1. The van der Waals surface area contributed by atoms with Gasteiger partial charge in [-0.2, -0.15) is 0 Å². The van der Waals surface area contributed by atoms with Crippen molar-refractivity contribution in [3.8, 4) is 0 Å². The van der Waals surface area contributed by atoms with E-state index in [0.717, 1.165) is 12.1 Å². The van der Waals surface area contributed by atoms with Crippen LogP contribution in [0.15, 0.2) is 0 Å². The number of rotatable bonds is 7. The molecule has 0 aromatic rings. The molecule has 2 fully saturated rings. The maximum Gasteiger partial charge on any atom is 0.0223 e. The SMILES string of the molecule is CCCNC(CCC)CN1CCC2CCC(C1)N2C. The third kappa shape index (κ3) is 4.17. The lowest BCUT2D eigenvalue weighted by atomic mass is 10.1. The first-order valence-electron chi connectivity index (χ1n) is 8.42. The molecule has 0 aliphatic carbocycles. The molecule has 112 valence electrons. The summed E-state index contributed by atoms with van der Waals surface area (Å²) in [5, 5.41) is 3.74. The predicted octanol–water partition coefficient (Wildman–Crippen LogP) is 2.32. The minimum absolute atomic E-state index is 0.701. The van der Waals surface area contributed by atoms with E-state index in [0.29, 0.717) is 6.04 Å². The predicted molar refractivity (Wildman–Crippen MR) is 82.6 cm³/mol. The fraction of sp³-hybridized carbons (Fsp3) is 1.00. The third-order valence-electron chi connectivity index (χ3n) is 5.03. The first kappa shape index (κ1) is 15.3. The Bertz CT molecular complexity index is 256. The second kappa shape index (κ2) is 7.61. The van der Waals surface area contributed by atoms with Crippen molar-refractivity contribution < 1.29 is 0 Å². The number of hydrogen-bond donors (Lipinski definition) is 1. The van der Waals surface area contributed by atoms with E-state index in [1.807, 2.05) is 0 Å². The van der Waals surface area contributed by atoms with Crippen LogP contribution in [0.3, 0.4) is 0 Å². The van der Waals surface area contributed by atoms with Crippen molar-refractivity contribution in [3.63, 3.8) is 0 Å². The molecule has 0 saturated carbocycles. The summed E-state index contributed by atoms with van der Waals surface area (Å²) in [7, 11) is 2.34. The number of nitrogens with zero attached hydrogens (tertiary/aromatic N) is 2. The van der Waals surface area contributed by atoms with E-state index in [2.05, 4.69) is 36.0 Å². The summed E-state index contributed by atoms with van der Waals surface area (Å²) in [6.45, 7) is 9.59. The van der Waals surface area contributed by atoms with E-state index in [1.54, 1.807) is 0 Å². The van der Waals surface area contributed by atoms with Gasteiger partial charge in [0.25, 0.3) is 0 Å². The summed E-state index contributed by atoms with van der Waals surface area (Å²) in [4.78, 5) is 5.37. The molecule has 2 aliphatic heterocycles. The number of hydrogen-bond acceptors (Lipinski definition) is 3. The van der Waals surface area contributed by atoms with Gasteiger partial charge in [-0.25, -0.2) is 0 Å². The Morgan fingerprint density at radius 3 is 2.63 bits per heavy atom. The van der Waals surface area contributed by atoms with Gasteiger partial charge in [0.15, 0.2) is 0 Å². The van der Waals surface area contributed by atoms with Crippen LogP contribution in [-0.2, 0) is 0 Å². The Labute approximate surface area is 119 Å². The fourth-order valence-electron chi connectivity index (χ4n) is 3.81. The van der Waals surface area contributed by atoms with Crippen LogP contribution in [0.4, 0.5) is 0 Å². The lowest BCUT2D eigenvalue weighted by Gasteiger charge is -2.29. The molecule has 2 heterocycles. The van der Waals surface area contributed by atoms with Crippen LogP contribution in [0.2, 0.25) is 0 Å². The molecule has 3 heteroatoms. The number of fused-ring (bicyclic) bond motifs is 2. The Hall–Kier alpha value is -0.120. The van der Waals surface area contributed by atoms with Crippen molar-refractivity contribution in [1.29, 1.82) is 0 Å². The van der Waals surface area contributed by atoms with E-state index in [4.69, 9.17) is 0 Å². The molecule has 2 bridgehead atoms. The Balaban J connectivity index is 1.83. The average Bonchev–Trinajstić information content (AvgIpc) is 2.64. The van der Waals surface area contributed by atoms with Gasteiger partial charge >= 0.3 is 0 Å². The molecule has 0 radical (unpaired) electrons. The topological polar surface area (TPSA) is 18.5 Å². The van der Waals surface area contributed by atoms with Crippen LogP contribution >= 0.6 is 0 Å². The molecule has 1 N–H and O–H groups in total. The first-order valence-corrected chi connectivity index (χ1v) is 8.42. The quantitative estimate of drug-likeness (QED) is 0.764. The van der Waals surface area contributed by atoms with Gasteiger partial charge in [-0.1, -0.05) is 20.3 Å². The molecule has 0 aromatic heterocycles. The minimum atomic E-state index is 0.701. The second-order valence-corrected chi connectivity index (χ2v) is 6.54. The molecule has 19 heavy (non-hydrogen) atoms. The smallest absolute Gasteiger partial charge is 0.0223 e. The summed E-state index contributed by atoms with van der Waals surface area (Å²) >= 11 is 0. The van der Waals surface area contributed by atoms with Gasteiger partial charge in [0, 0.05) is 31.2 Å². The highest BCUT2D eigenvalue weighted by atomic mass is 15.3. The van der Waals surface area contributed by atoms with Gasteiger partial charge in [-0.15, -0.1) is 0 Å². The highest BCUT2D eigenvalue weighted by Gasteiger charge is 2.34. The molecular weight excluding hydrogens is 234 g/mol. The van der Waals surface area contributed by atoms with Crippen molar-refractivity contribution in [2.75, 3.05) is 33.2 Å². The maximum atomic E-state index is 3.74. The minimum Gasteiger partial charge on any atom is -0.313 e. The van der Waals surface area contributed by atoms with E-state index in [-0.39, 0.29) is 0 Å². The average molecular weight is 267 g/mol. The summed E-state index contributed by atoms with van der Waals surface area (Å²) in [6.07, 6.45) is 8.08. The van der Waals surface area contributed by atoms with Crippen LogP contribution in [-0.4, -0.2) is 61.2 Å². The molecule has 2 aliphatic rings. The fourth-order valence-corrected chi connectivity index (χ4v) is 3.81. The Morgan fingerprint density at radius 2 is 1.89 bits per heavy atom. The molecule has 0 amide bonds. The summed E-state index contributed by atoms with van der Waals surface area (Å²) in [5.74, 6) is 0. The molecule has 3 nitrogen and oxygen atoms in total. The van der Waals surface area contributed by atoms with E-state index in [9.17, 15) is 0 Å². The standard InChI is InChI=1S/C16H33N3/c1-4-6-14(17-10-5-2)12-19-11-9-15-7-8-16(13-19)18(15)3/h14-17H,4-13H2,1-3H3. The Kier molecular flexibility index (Phi) is 6.11. The van der Waals surface area contributed by atoms with Gasteiger partial charge in [0.2, 0.25) is 0 Å². The molecule has 3 atom stereocenters. The zero-order chi connectivity index (χ0) is 13.7. The summed E-state index contributed by atoms with van der Waals surface area (Å²) in [5.41, 5.74) is 0. The lowest BCUT2D eigenvalue weighted by molar-refractivity contribution is 0.202. The molecular formula is C16H33N3. The molecule has 0 aromatic carbocycles. The second-order valence-electron chi connectivity index (χ2n) is 6.54. The van der Waals surface area contributed by atoms with Crippen LogP contribution in [0, 0.1) is 0 Å². The Morgan fingerprint density at radius 1 is 1.11 bits per heavy atom. The van der Waals surface area contributed by atoms with Crippen molar-refractivity contribution in [1.82, 2.24) is 15.1 Å². The lowest BCUT2D eigenvalue weighted by Crippen LogP contribution is -2.44. The molecule has 2 saturated heterocycles. The summed E-state index contributed by atoms with van der Waals surface area (Å²) < 4.78 is 0. The van der Waals surface area contributed by atoms with Crippen molar-refractivity contribution in [2.24, 2.45) is 0 Å². The van der Waals surface area contributed by atoms with Gasteiger partial charge in [0.1, 0.15) is 0 Å². The number of likely N-dealkylation sites (tertiary alicyclic amines) is 1. The van der Waals surface area contributed by atoms with Gasteiger partial charge in [-0.05, 0) is 52.2 Å². The largest absolute Gasteiger partial charge is 0.313 e. The number of nitrogens with one attached hydrogen (secondary N) is 1. The molecule has 3 unspecified atom stereocenters. The van der Waals surface area contributed by atoms with Crippen molar-refractivity contribution in [2.45, 2.75) is 70.5 Å². The normalized spacial score (nSPS) is 30.5. The zero-order valence-corrected chi connectivity index (χ0v) is 13.2. The van der Waals surface area contributed by atoms with Gasteiger partial charge in [-0.3, -0.25) is 4.90 Å². The monoisotopic (exact) mass is 267 g/mol. The van der Waals surface area contributed by atoms with Gasteiger partial charge < -0.3 is 10.2 Å².